The Labute approximate surface area is 154 Å². The minimum Gasteiger partial charge on any atom is -0.0804 e. The topological polar surface area (TPSA) is 0 Å². The molecular formula is C25H34. The molecule has 0 nitrogen and oxygen atoms in total. The summed E-state index contributed by atoms with van der Waals surface area (Å²) in [7, 11) is 0. The van der Waals surface area contributed by atoms with Gasteiger partial charge in [-0.15, -0.1) is 0 Å². The van der Waals surface area contributed by atoms with Crippen LogP contribution in [0.4, 0.5) is 0 Å². The number of aryl methyl sites for hydroxylation is 1. The van der Waals surface area contributed by atoms with E-state index in [1.807, 2.05) is 0 Å². The van der Waals surface area contributed by atoms with Crippen LogP contribution < -0.4 is 0 Å². The lowest BCUT2D eigenvalue weighted by Crippen LogP contribution is -2.09. The number of benzene rings is 2. The fourth-order valence-corrected chi connectivity index (χ4v) is 4.13. The summed E-state index contributed by atoms with van der Waals surface area (Å²) in [6, 6.07) is 14.1. The summed E-state index contributed by atoms with van der Waals surface area (Å²) in [5.74, 6) is 1.78. The first-order chi connectivity index (χ1) is 12.2. The van der Waals surface area contributed by atoms with Crippen LogP contribution in [0.1, 0.15) is 76.8 Å². The SMILES string of the molecule is CCCCc1ccc2cc(C3=CCC(CC(C)CC)CC3)ccc2c1. The van der Waals surface area contributed by atoms with E-state index in [9.17, 15) is 0 Å². The maximum absolute atomic E-state index is 2.52. The fourth-order valence-electron chi connectivity index (χ4n) is 4.13. The van der Waals surface area contributed by atoms with Crippen molar-refractivity contribution >= 4 is 16.3 Å². The van der Waals surface area contributed by atoms with Crippen molar-refractivity contribution in [3.8, 4) is 0 Å². The first kappa shape index (κ1) is 18.2. The monoisotopic (exact) mass is 334 g/mol. The molecule has 25 heavy (non-hydrogen) atoms. The molecule has 0 fully saturated rings. The maximum atomic E-state index is 2.52. The van der Waals surface area contributed by atoms with Crippen LogP contribution in [0.2, 0.25) is 0 Å². The molecule has 1 aliphatic carbocycles. The zero-order valence-corrected chi connectivity index (χ0v) is 16.4. The first-order valence-electron chi connectivity index (χ1n) is 10.4. The molecule has 0 aliphatic heterocycles. The Hall–Kier alpha value is -1.56. The Kier molecular flexibility index (Phi) is 6.34. The first-order valence-corrected chi connectivity index (χ1v) is 10.4. The van der Waals surface area contributed by atoms with Gasteiger partial charge in [0.2, 0.25) is 0 Å². The van der Waals surface area contributed by atoms with Crippen molar-refractivity contribution in [2.24, 2.45) is 11.8 Å². The predicted molar refractivity (Wildman–Crippen MR) is 112 cm³/mol. The number of hydrogen-bond donors (Lipinski definition) is 0. The van der Waals surface area contributed by atoms with E-state index in [1.165, 1.54) is 73.3 Å². The van der Waals surface area contributed by atoms with E-state index in [-0.39, 0.29) is 0 Å². The smallest absolute Gasteiger partial charge is 0.0178 e. The molecule has 3 rings (SSSR count). The highest BCUT2D eigenvalue weighted by molar-refractivity contribution is 5.87. The Balaban J connectivity index is 1.71. The van der Waals surface area contributed by atoms with Gasteiger partial charge in [0, 0.05) is 0 Å². The quantitative estimate of drug-likeness (QED) is 0.484. The number of fused-ring (bicyclic) bond motifs is 1. The highest BCUT2D eigenvalue weighted by Crippen LogP contribution is 2.34. The Morgan fingerprint density at radius 2 is 1.84 bits per heavy atom. The average Bonchev–Trinajstić information content (AvgIpc) is 2.66. The van der Waals surface area contributed by atoms with Crippen LogP contribution in [0.25, 0.3) is 16.3 Å². The summed E-state index contributed by atoms with van der Waals surface area (Å²) in [4.78, 5) is 0. The molecule has 2 unspecified atom stereocenters. The van der Waals surface area contributed by atoms with Crippen molar-refractivity contribution in [1.29, 1.82) is 0 Å². The van der Waals surface area contributed by atoms with E-state index in [1.54, 1.807) is 5.57 Å². The van der Waals surface area contributed by atoms with Crippen molar-refractivity contribution < 1.29 is 0 Å². The molecule has 0 radical (unpaired) electrons. The zero-order chi connectivity index (χ0) is 17.6. The van der Waals surface area contributed by atoms with Gasteiger partial charge < -0.3 is 0 Å². The molecule has 1 aliphatic rings. The van der Waals surface area contributed by atoms with Gasteiger partial charge in [-0.3, -0.25) is 0 Å². The van der Waals surface area contributed by atoms with Gasteiger partial charge in [0.25, 0.3) is 0 Å². The second-order valence-corrected chi connectivity index (χ2v) is 8.12. The van der Waals surface area contributed by atoms with Gasteiger partial charge in [-0.2, -0.15) is 0 Å². The third kappa shape index (κ3) is 4.75. The molecular weight excluding hydrogens is 300 g/mol. The van der Waals surface area contributed by atoms with Gasteiger partial charge in [-0.05, 0) is 83.9 Å². The molecule has 0 amide bonds. The van der Waals surface area contributed by atoms with Crippen LogP contribution in [0.15, 0.2) is 42.5 Å². The lowest BCUT2D eigenvalue weighted by Gasteiger charge is -2.24. The highest BCUT2D eigenvalue weighted by atomic mass is 14.2. The number of rotatable bonds is 7. The summed E-state index contributed by atoms with van der Waals surface area (Å²) in [6.45, 7) is 6.98. The second-order valence-electron chi connectivity index (χ2n) is 8.12. The number of allylic oxidation sites excluding steroid dienone is 2. The van der Waals surface area contributed by atoms with E-state index in [0.717, 1.165) is 11.8 Å². The molecule has 0 aromatic heterocycles. The summed E-state index contributed by atoms with van der Waals surface area (Å²) in [5, 5.41) is 2.78. The van der Waals surface area contributed by atoms with E-state index in [4.69, 9.17) is 0 Å². The zero-order valence-electron chi connectivity index (χ0n) is 16.4. The molecule has 2 atom stereocenters. The largest absolute Gasteiger partial charge is 0.0804 e. The molecule has 0 saturated heterocycles. The van der Waals surface area contributed by atoms with Crippen molar-refractivity contribution in [3.63, 3.8) is 0 Å². The summed E-state index contributed by atoms with van der Waals surface area (Å²) >= 11 is 0. The molecule has 2 aromatic carbocycles. The fraction of sp³-hybridized carbons (Fsp3) is 0.520. The van der Waals surface area contributed by atoms with Crippen molar-refractivity contribution in [3.05, 3.63) is 53.6 Å². The van der Waals surface area contributed by atoms with Gasteiger partial charge in [0.1, 0.15) is 0 Å². The summed E-state index contributed by atoms with van der Waals surface area (Å²) in [6.07, 6.45) is 12.9. The molecule has 0 bridgehead atoms. The normalized spacial score (nSPS) is 19.0. The lowest BCUT2D eigenvalue weighted by molar-refractivity contribution is 0.362. The molecule has 0 heteroatoms. The van der Waals surface area contributed by atoms with Crippen molar-refractivity contribution in [1.82, 2.24) is 0 Å². The van der Waals surface area contributed by atoms with Crippen molar-refractivity contribution in [2.45, 2.75) is 72.1 Å². The van der Waals surface area contributed by atoms with Crippen LogP contribution in [-0.2, 0) is 6.42 Å². The third-order valence-electron chi connectivity index (χ3n) is 6.05. The third-order valence-corrected chi connectivity index (χ3v) is 6.05. The predicted octanol–water partition coefficient (Wildman–Crippen LogP) is 7.80. The Bertz CT molecular complexity index is 722. The Morgan fingerprint density at radius 3 is 2.56 bits per heavy atom. The summed E-state index contributed by atoms with van der Waals surface area (Å²) < 4.78 is 0. The Morgan fingerprint density at radius 1 is 1.04 bits per heavy atom. The summed E-state index contributed by atoms with van der Waals surface area (Å²) in [5.41, 5.74) is 4.49. The van der Waals surface area contributed by atoms with Gasteiger partial charge in [-0.1, -0.05) is 70.0 Å². The molecule has 0 N–H and O–H groups in total. The minimum atomic E-state index is 0.877. The molecule has 0 heterocycles. The van der Waals surface area contributed by atoms with Gasteiger partial charge in [0.15, 0.2) is 0 Å². The van der Waals surface area contributed by atoms with Crippen LogP contribution in [0.5, 0.6) is 0 Å². The van der Waals surface area contributed by atoms with Gasteiger partial charge in [-0.25, -0.2) is 0 Å². The molecule has 134 valence electrons. The van der Waals surface area contributed by atoms with Crippen LogP contribution in [-0.4, -0.2) is 0 Å². The number of unbranched alkanes of at least 4 members (excludes halogenated alkanes) is 1. The number of hydrogen-bond acceptors (Lipinski definition) is 0. The van der Waals surface area contributed by atoms with E-state index in [2.05, 4.69) is 63.2 Å². The molecule has 0 saturated carbocycles. The molecule has 0 spiro atoms. The van der Waals surface area contributed by atoms with E-state index >= 15 is 0 Å². The van der Waals surface area contributed by atoms with Crippen LogP contribution in [0, 0.1) is 11.8 Å². The van der Waals surface area contributed by atoms with Crippen molar-refractivity contribution in [2.75, 3.05) is 0 Å². The lowest BCUT2D eigenvalue weighted by atomic mass is 9.81. The molecule has 2 aromatic rings. The average molecular weight is 335 g/mol. The van der Waals surface area contributed by atoms with E-state index < -0.39 is 0 Å². The van der Waals surface area contributed by atoms with Gasteiger partial charge >= 0.3 is 0 Å². The highest BCUT2D eigenvalue weighted by Gasteiger charge is 2.17. The second kappa shape index (κ2) is 8.70. The van der Waals surface area contributed by atoms with Gasteiger partial charge in [0.05, 0.1) is 0 Å². The van der Waals surface area contributed by atoms with Crippen LogP contribution in [0.3, 0.4) is 0 Å². The standard InChI is InChI=1S/C25H34/c1-4-6-7-20-10-13-25-18-24(15-14-23(25)17-20)22-11-8-21(9-12-22)16-19(3)5-2/h10-11,13-15,17-19,21H,4-9,12,16H2,1-3H3. The van der Waals surface area contributed by atoms with E-state index in [0.29, 0.717) is 0 Å². The maximum Gasteiger partial charge on any atom is -0.0178 e. The van der Waals surface area contributed by atoms with Crippen LogP contribution >= 0.6 is 0 Å². The minimum absolute atomic E-state index is 0.877.